The molecule has 18 heavy (non-hydrogen) atoms. The molecule has 1 aliphatic heterocycles. The minimum absolute atomic E-state index is 0.420. The molecule has 0 radical (unpaired) electrons. The fourth-order valence-corrected chi connectivity index (χ4v) is 2.64. The van der Waals surface area contributed by atoms with Gasteiger partial charge >= 0.3 is 0 Å². The van der Waals surface area contributed by atoms with E-state index in [-0.39, 0.29) is 0 Å². The van der Waals surface area contributed by atoms with Crippen LogP contribution in [0.1, 0.15) is 17.8 Å². The summed E-state index contributed by atoms with van der Waals surface area (Å²) in [6.45, 7) is 4.61. The predicted octanol–water partition coefficient (Wildman–Crippen LogP) is 2.52. The summed E-state index contributed by atoms with van der Waals surface area (Å²) in [6, 6.07) is 2.06. The summed E-state index contributed by atoms with van der Waals surface area (Å²) >= 11 is 5.99. The van der Waals surface area contributed by atoms with Crippen LogP contribution in [0.15, 0.2) is 12.3 Å². The molecule has 0 bridgehead atoms. The molecule has 0 amide bonds. The molecular formula is C13H16ClN3O. The summed E-state index contributed by atoms with van der Waals surface area (Å²) in [5.74, 6) is 1.87. The van der Waals surface area contributed by atoms with Gasteiger partial charge in [0.2, 0.25) is 0 Å². The fraction of sp³-hybridized carbons (Fsp3) is 0.538. The number of pyridine rings is 1. The Morgan fingerprint density at radius 1 is 1.56 bits per heavy atom. The number of hydrogen-bond acceptors (Lipinski definition) is 3. The van der Waals surface area contributed by atoms with E-state index in [1.165, 1.54) is 0 Å². The SMILES string of the molecule is Cc1cnc2c(c1)nc(CCl)n2CC1CCOC1. The first-order valence-corrected chi connectivity index (χ1v) is 6.77. The Labute approximate surface area is 111 Å². The number of rotatable bonds is 3. The number of alkyl halides is 1. The third-order valence-electron chi connectivity index (χ3n) is 3.38. The average molecular weight is 266 g/mol. The van der Waals surface area contributed by atoms with Crippen molar-refractivity contribution in [3.05, 3.63) is 23.7 Å². The van der Waals surface area contributed by atoms with Gasteiger partial charge in [0.1, 0.15) is 11.3 Å². The van der Waals surface area contributed by atoms with E-state index in [0.717, 1.165) is 48.7 Å². The Balaban J connectivity index is 2.01. The zero-order valence-electron chi connectivity index (χ0n) is 10.4. The Morgan fingerprint density at radius 3 is 3.17 bits per heavy atom. The molecule has 0 spiro atoms. The van der Waals surface area contributed by atoms with Crippen LogP contribution in [0.2, 0.25) is 0 Å². The lowest BCUT2D eigenvalue weighted by atomic mass is 10.1. The van der Waals surface area contributed by atoms with E-state index < -0.39 is 0 Å². The van der Waals surface area contributed by atoms with Crippen molar-refractivity contribution in [3.8, 4) is 0 Å². The molecule has 2 aromatic rings. The van der Waals surface area contributed by atoms with Crippen LogP contribution in [0.25, 0.3) is 11.2 Å². The van der Waals surface area contributed by atoms with Crippen molar-refractivity contribution >= 4 is 22.8 Å². The number of hydrogen-bond donors (Lipinski definition) is 0. The average Bonchev–Trinajstić information content (AvgIpc) is 2.97. The van der Waals surface area contributed by atoms with Gasteiger partial charge in [0, 0.05) is 25.3 Å². The van der Waals surface area contributed by atoms with E-state index in [4.69, 9.17) is 16.3 Å². The first-order valence-electron chi connectivity index (χ1n) is 6.23. The van der Waals surface area contributed by atoms with Gasteiger partial charge in [-0.25, -0.2) is 9.97 Å². The monoisotopic (exact) mass is 265 g/mol. The highest BCUT2D eigenvalue weighted by Crippen LogP contribution is 2.21. The minimum Gasteiger partial charge on any atom is -0.381 e. The lowest BCUT2D eigenvalue weighted by Gasteiger charge is -2.11. The zero-order chi connectivity index (χ0) is 12.5. The van der Waals surface area contributed by atoms with Crippen molar-refractivity contribution in [3.63, 3.8) is 0 Å². The van der Waals surface area contributed by atoms with Crippen LogP contribution in [-0.2, 0) is 17.2 Å². The van der Waals surface area contributed by atoms with E-state index in [9.17, 15) is 0 Å². The molecule has 3 heterocycles. The highest BCUT2D eigenvalue weighted by atomic mass is 35.5. The number of aromatic nitrogens is 3. The van der Waals surface area contributed by atoms with Gasteiger partial charge in [-0.3, -0.25) is 0 Å². The number of halogens is 1. The Bertz CT molecular complexity index is 561. The molecule has 4 nitrogen and oxygen atoms in total. The van der Waals surface area contributed by atoms with E-state index >= 15 is 0 Å². The second kappa shape index (κ2) is 4.86. The molecule has 0 aromatic carbocycles. The van der Waals surface area contributed by atoms with E-state index in [1.807, 2.05) is 13.1 Å². The molecule has 5 heteroatoms. The number of imidazole rings is 1. The van der Waals surface area contributed by atoms with Crippen LogP contribution < -0.4 is 0 Å². The van der Waals surface area contributed by atoms with Gasteiger partial charge in [-0.2, -0.15) is 0 Å². The second-order valence-electron chi connectivity index (χ2n) is 4.86. The van der Waals surface area contributed by atoms with Gasteiger partial charge in [-0.15, -0.1) is 11.6 Å². The van der Waals surface area contributed by atoms with Crippen LogP contribution in [0.3, 0.4) is 0 Å². The number of aryl methyl sites for hydroxylation is 1. The summed E-state index contributed by atoms with van der Waals surface area (Å²) in [6.07, 6.45) is 2.98. The van der Waals surface area contributed by atoms with Gasteiger partial charge in [0.25, 0.3) is 0 Å². The number of nitrogens with zero attached hydrogens (tertiary/aromatic N) is 3. The maximum Gasteiger partial charge on any atom is 0.160 e. The molecule has 96 valence electrons. The lowest BCUT2D eigenvalue weighted by Crippen LogP contribution is -2.13. The summed E-state index contributed by atoms with van der Waals surface area (Å²) in [7, 11) is 0. The standard InChI is InChI=1S/C13H16ClN3O/c1-9-4-11-13(15-6-9)17(12(5-14)16-11)7-10-2-3-18-8-10/h4,6,10H,2-3,5,7-8H2,1H3. The van der Waals surface area contributed by atoms with E-state index in [1.54, 1.807) is 0 Å². The predicted molar refractivity (Wildman–Crippen MR) is 70.7 cm³/mol. The van der Waals surface area contributed by atoms with Crippen LogP contribution in [0.5, 0.6) is 0 Å². The normalized spacial score (nSPS) is 19.8. The maximum atomic E-state index is 5.99. The molecule has 0 aliphatic carbocycles. The smallest absolute Gasteiger partial charge is 0.160 e. The molecule has 1 fully saturated rings. The van der Waals surface area contributed by atoms with Crippen molar-refractivity contribution in [2.24, 2.45) is 5.92 Å². The topological polar surface area (TPSA) is 39.9 Å². The van der Waals surface area contributed by atoms with Crippen LogP contribution >= 0.6 is 11.6 Å². The summed E-state index contributed by atoms with van der Waals surface area (Å²) < 4.78 is 7.56. The summed E-state index contributed by atoms with van der Waals surface area (Å²) in [5.41, 5.74) is 2.99. The Morgan fingerprint density at radius 2 is 2.44 bits per heavy atom. The summed E-state index contributed by atoms with van der Waals surface area (Å²) in [4.78, 5) is 9.05. The molecular weight excluding hydrogens is 250 g/mol. The van der Waals surface area contributed by atoms with Gasteiger partial charge in [-0.1, -0.05) is 0 Å². The number of ether oxygens (including phenoxy) is 1. The molecule has 0 N–H and O–H groups in total. The van der Waals surface area contributed by atoms with E-state index in [2.05, 4.69) is 20.6 Å². The van der Waals surface area contributed by atoms with Gasteiger partial charge in [-0.05, 0) is 25.0 Å². The van der Waals surface area contributed by atoms with Crippen molar-refractivity contribution in [1.82, 2.24) is 14.5 Å². The fourth-order valence-electron chi connectivity index (χ4n) is 2.44. The lowest BCUT2D eigenvalue weighted by molar-refractivity contribution is 0.182. The van der Waals surface area contributed by atoms with Gasteiger partial charge in [0.05, 0.1) is 12.5 Å². The van der Waals surface area contributed by atoms with Crippen LogP contribution in [0, 0.1) is 12.8 Å². The molecule has 3 rings (SSSR count). The highest BCUT2D eigenvalue weighted by molar-refractivity contribution is 6.16. The molecule has 1 aliphatic rings. The molecule has 1 saturated heterocycles. The Kier molecular flexibility index (Phi) is 3.22. The number of fused-ring (bicyclic) bond motifs is 1. The third-order valence-corrected chi connectivity index (χ3v) is 3.62. The molecule has 1 unspecified atom stereocenters. The van der Waals surface area contributed by atoms with Crippen molar-refractivity contribution in [2.75, 3.05) is 13.2 Å². The maximum absolute atomic E-state index is 5.99. The quantitative estimate of drug-likeness (QED) is 0.801. The summed E-state index contributed by atoms with van der Waals surface area (Å²) in [5, 5.41) is 0. The van der Waals surface area contributed by atoms with Crippen LogP contribution in [0.4, 0.5) is 0 Å². The zero-order valence-corrected chi connectivity index (χ0v) is 11.2. The minimum atomic E-state index is 0.420. The first kappa shape index (κ1) is 11.9. The largest absolute Gasteiger partial charge is 0.381 e. The molecule has 2 aromatic heterocycles. The Hall–Kier alpha value is -1.13. The highest BCUT2D eigenvalue weighted by Gasteiger charge is 2.20. The third kappa shape index (κ3) is 2.10. The first-order chi connectivity index (χ1) is 8.78. The second-order valence-corrected chi connectivity index (χ2v) is 5.12. The van der Waals surface area contributed by atoms with Crippen molar-refractivity contribution < 1.29 is 4.74 Å². The van der Waals surface area contributed by atoms with Gasteiger partial charge in [0.15, 0.2) is 5.65 Å². The van der Waals surface area contributed by atoms with Crippen LogP contribution in [-0.4, -0.2) is 27.7 Å². The molecule has 0 saturated carbocycles. The van der Waals surface area contributed by atoms with Gasteiger partial charge < -0.3 is 9.30 Å². The van der Waals surface area contributed by atoms with Crippen molar-refractivity contribution in [2.45, 2.75) is 25.8 Å². The van der Waals surface area contributed by atoms with Crippen molar-refractivity contribution in [1.29, 1.82) is 0 Å². The molecule has 1 atom stereocenters. The van der Waals surface area contributed by atoms with E-state index in [0.29, 0.717) is 11.8 Å².